The molecule has 0 unspecified atom stereocenters. The van der Waals surface area contributed by atoms with E-state index in [1.807, 2.05) is 72.5 Å². The van der Waals surface area contributed by atoms with Crippen LogP contribution in [0.25, 0.3) is 11.3 Å². The highest BCUT2D eigenvalue weighted by Crippen LogP contribution is 2.26. The summed E-state index contributed by atoms with van der Waals surface area (Å²) in [7, 11) is 0. The summed E-state index contributed by atoms with van der Waals surface area (Å²) in [6.07, 6.45) is 0. The Morgan fingerprint density at radius 2 is 1.70 bits per heavy atom. The number of hydrogen-bond donors (Lipinski definition) is 0. The Hall–Kier alpha value is -3.12. The van der Waals surface area contributed by atoms with Crippen molar-refractivity contribution < 1.29 is 9.53 Å². The number of rotatable bonds is 5. The Balaban J connectivity index is 1.31. The number of carbonyl (C=O) groups excluding carboxylic acids is 1. The molecule has 1 amide bonds. The van der Waals surface area contributed by atoms with Gasteiger partial charge in [-0.25, -0.2) is 0 Å². The molecule has 2 aromatic carbocycles. The molecular weight excluding hydrogens is 400 g/mol. The SMILES string of the molecule is Cc1ccccc1OCC(=O)N1CCN(c2ccc(-c3ccccc3Cl)nn2)CC1. The lowest BCUT2D eigenvalue weighted by molar-refractivity contribution is -0.133. The van der Waals surface area contributed by atoms with E-state index in [-0.39, 0.29) is 12.5 Å². The number of hydrogen-bond acceptors (Lipinski definition) is 5. The fourth-order valence-corrected chi connectivity index (χ4v) is 3.67. The minimum absolute atomic E-state index is 0.00180. The number of aromatic nitrogens is 2. The Bertz CT molecular complexity index is 1020. The van der Waals surface area contributed by atoms with E-state index in [0.717, 1.165) is 28.4 Å². The maximum atomic E-state index is 12.5. The number of ether oxygens (including phenoxy) is 1. The van der Waals surface area contributed by atoms with Gasteiger partial charge in [-0.05, 0) is 36.8 Å². The molecule has 1 saturated heterocycles. The third-order valence-corrected chi connectivity index (χ3v) is 5.53. The topological polar surface area (TPSA) is 58.6 Å². The molecule has 1 aromatic heterocycles. The number of benzene rings is 2. The van der Waals surface area contributed by atoms with E-state index < -0.39 is 0 Å². The average Bonchev–Trinajstić information content (AvgIpc) is 2.79. The molecule has 0 radical (unpaired) electrons. The van der Waals surface area contributed by atoms with Crippen molar-refractivity contribution in [3.63, 3.8) is 0 Å². The third-order valence-electron chi connectivity index (χ3n) is 5.20. The molecule has 0 N–H and O–H groups in total. The zero-order chi connectivity index (χ0) is 20.9. The second-order valence-corrected chi connectivity index (χ2v) is 7.59. The van der Waals surface area contributed by atoms with Crippen molar-refractivity contribution in [3.05, 3.63) is 71.2 Å². The number of nitrogens with zero attached hydrogens (tertiary/aromatic N) is 4. The minimum atomic E-state index is -0.00180. The van der Waals surface area contributed by atoms with Crippen LogP contribution in [0.2, 0.25) is 5.02 Å². The van der Waals surface area contributed by atoms with Crippen LogP contribution in [0.15, 0.2) is 60.7 Å². The first-order chi connectivity index (χ1) is 14.6. The van der Waals surface area contributed by atoms with Gasteiger partial charge in [-0.1, -0.05) is 48.0 Å². The number of para-hydroxylation sites is 1. The van der Waals surface area contributed by atoms with Gasteiger partial charge in [0.25, 0.3) is 5.91 Å². The van der Waals surface area contributed by atoms with E-state index in [1.165, 1.54) is 0 Å². The maximum Gasteiger partial charge on any atom is 0.260 e. The Labute approximate surface area is 181 Å². The number of anilines is 1. The van der Waals surface area contributed by atoms with Crippen LogP contribution in [-0.2, 0) is 4.79 Å². The molecule has 6 nitrogen and oxygen atoms in total. The van der Waals surface area contributed by atoms with Gasteiger partial charge in [-0.15, -0.1) is 10.2 Å². The van der Waals surface area contributed by atoms with Crippen LogP contribution in [0.5, 0.6) is 5.75 Å². The first kappa shape index (κ1) is 20.2. The van der Waals surface area contributed by atoms with Gasteiger partial charge in [0.05, 0.1) is 10.7 Å². The van der Waals surface area contributed by atoms with E-state index in [1.54, 1.807) is 0 Å². The van der Waals surface area contributed by atoms with Crippen molar-refractivity contribution >= 4 is 23.3 Å². The number of aryl methyl sites for hydroxylation is 1. The lowest BCUT2D eigenvalue weighted by Gasteiger charge is -2.35. The molecule has 0 atom stereocenters. The van der Waals surface area contributed by atoms with Gasteiger partial charge in [0.2, 0.25) is 0 Å². The van der Waals surface area contributed by atoms with Gasteiger partial charge in [-0.3, -0.25) is 4.79 Å². The largest absolute Gasteiger partial charge is 0.484 e. The van der Waals surface area contributed by atoms with Crippen LogP contribution in [-0.4, -0.2) is 53.8 Å². The molecule has 0 saturated carbocycles. The molecule has 0 bridgehead atoms. The van der Waals surface area contributed by atoms with Crippen LogP contribution in [0, 0.1) is 6.92 Å². The average molecular weight is 423 g/mol. The number of halogens is 1. The van der Waals surface area contributed by atoms with Gasteiger partial charge in [0.1, 0.15) is 5.75 Å². The highest BCUT2D eigenvalue weighted by atomic mass is 35.5. The summed E-state index contributed by atoms with van der Waals surface area (Å²) in [6.45, 7) is 4.69. The number of piperazine rings is 1. The lowest BCUT2D eigenvalue weighted by atomic mass is 10.1. The van der Waals surface area contributed by atoms with Crippen LogP contribution in [0.3, 0.4) is 0 Å². The molecule has 0 aliphatic carbocycles. The molecule has 154 valence electrons. The van der Waals surface area contributed by atoms with Crippen LogP contribution >= 0.6 is 11.6 Å². The summed E-state index contributed by atoms with van der Waals surface area (Å²) in [6, 6.07) is 19.2. The van der Waals surface area contributed by atoms with Crippen molar-refractivity contribution in [2.75, 3.05) is 37.7 Å². The van der Waals surface area contributed by atoms with Gasteiger partial charge in [-0.2, -0.15) is 0 Å². The first-order valence-corrected chi connectivity index (χ1v) is 10.3. The predicted molar refractivity (Wildman–Crippen MR) is 118 cm³/mol. The van der Waals surface area contributed by atoms with Crippen molar-refractivity contribution in [2.24, 2.45) is 0 Å². The first-order valence-electron chi connectivity index (χ1n) is 9.91. The summed E-state index contributed by atoms with van der Waals surface area (Å²) >= 11 is 6.24. The Kier molecular flexibility index (Phi) is 6.14. The molecule has 4 rings (SSSR count). The maximum absolute atomic E-state index is 12.5. The van der Waals surface area contributed by atoms with Gasteiger partial charge >= 0.3 is 0 Å². The highest BCUT2D eigenvalue weighted by Gasteiger charge is 2.22. The van der Waals surface area contributed by atoms with Crippen LogP contribution < -0.4 is 9.64 Å². The molecule has 30 heavy (non-hydrogen) atoms. The molecule has 2 heterocycles. The lowest BCUT2D eigenvalue weighted by Crippen LogP contribution is -2.50. The quantitative estimate of drug-likeness (QED) is 0.625. The molecule has 0 spiro atoms. The second kappa shape index (κ2) is 9.13. The predicted octanol–water partition coefficient (Wildman–Crippen LogP) is 3.83. The van der Waals surface area contributed by atoms with Crippen LogP contribution in [0.1, 0.15) is 5.56 Å². The zero-order valence-electron chi connectivity index (χ0n) is 16.8. The molecule has 7 heteroatoms. The number of amides is 1. The van der Waals surface area contributed by atoms with Crippen molar-refractivity contribution in [3.8, 4) is 17.0 Å². The van der Waals surface area contributed by atoms with E-state index >= 15 is 0 Å². The van der Waals surface area contributed by atoms with Gasteiger partial charge < -0.3 is 14.5 Å². The van der Waals surface area contributed by atoms with E-state index in [4.69, 9.17) is 16.3 Å². The minimum Gasteiger partial charge on any atom is -0.484 e. The Morgan fingerprint density at radius 3 is 2.40 bits per heavy atom. The Morgan fingerprint density at radius 1 is 0.967 bits per heavy atom. The fourth-order valence-electron chi connectivity index (χ4n) is 3.44. The third kappa shape index (κ3) is 4.54. The van der Waals surface area contributed by atoms with E-state index in [9.17, 15) is 4.79 Å². The summed E-state index contributed by atoms with van der Waals surface area (Å²) in [4.78, 5) is 16.5. The van der Waals surface area contributed by atoms with Crippen LogP contribution in [0.4, 0.5) is 5.82 Å². The van der Waals surface area contributed by atoms with Gasteiger partial charge in [0, 0.05) is 31.7 Å². The van der Waals surface area contributed by atoms with Gasteiger partial charge in [0.15, 0.2) is 12.4 Å². The zero-order valence-corrected chi connectivity index (χ0v) is 17.5. The van der Waals surface area contributed by atoms with E-state index in [0.29, 0.717) is 31.2 Å². The summed E-state index contributed by atoms with van der Waals surface area (Å²) in [5.41, 5.74) is 2.63. The monoisotopic (exact) mass is 422 g/mol. The second-order valence-electron chi connectivity index (χ2n) is 7.18. The summed E-state index contributed by atoms with van der Waals surface area (Å²) in [5, 5.41) is 9.35. The number of carbonyl (C=O) groups is 1. The molecule has 1 fully saturated rings. The summed E-state index contributed by atoms with van der Waals surface area (Å²) < 4.78 is 5.69. The van der Waals surface area contributed by atoms with Crippen molar-refractivity contribution in [1.82, 2.24) is 15.1 Å². The molecule has 1 aliphatic rings. The normalized spacial score (nSPS) is 13.9. The fraction of sp³-hybridized carbons (Fsp3) is 0.261. The molecule has 3 aromatic rings. The van der Waals surface area contributed by atoms with Crippen molar-refractivity contribution in [1.29, 1.82) is 0 Å². The summed E-state index contributed by atoms with van der Waals surface area (Å²) in [5.74, 6) is 1.55. The molecular formula is C23H23ClN4O2. The molecule has 1 aliphatic heterocycles. The standard InChI is InChI=1S/C23H23ClN4O2/c1-17-6-2-5-9-21(17)30-16-23(29)28-14-12-27(13-15-28)22-11-10-20(25-26-22)18-7-3-4-8-19(18)24/h2-11H,12-16H2,1H3. The van der Waals surface area contributed by atoms with Crippen molar-refractivity contribution in [2.45, 2.75) is 6.92 Å². The smallest absolute Gasteiger partial charge is 0.260 e. The van der Waals surface area contributed by atoms with E-state index in [2.05, 4.69) is 15.1 Å². The highest BCUT2D eigenvalue weighted by molar-refractivity contribution is 6.33.